The molecule has 0 aliphatic rings. The molecule has 0 aliphatic heterocycles. The maximum absolute atomic E-state index is 6.14. The zero-order chi connectivity index (χ0) is 17.6. The molecule has 0 aliphatic carbocycles. The van der Waals surface area contributed by atoms with Crippen LogP contribution < -0.4 is 4.74 Å². The highest BCUT2D eigenvalue weighted by Gasteiger charge is 2.06. The van der Waals surface area contributed by atoms with Crippen LogP contribution in [0.1, 0.15) is 30.5 Å². The van der Waals surface area contributed by atoms with Gasteiger partial charge in [-0.1, -0.05) is 80.1 Å². The molecular weight excluding hydrogens is 304 g/mol. The van der Waals surface area contributed by atoms with Gasteiger partial charge in [0, 0.05) is 0 Å². The average molecular weight is 330 g/mol. The van der Waals surface area contributed by atoms with E-state index in [-0.39, 0.29) is 0 Å². The van der Waals surface area contributed by atoms with Crippen LogP contribution in [0.5, 0.6) is 5.75 Å². The molecule has 1 heteroatoms. The Bertz CT molecular complexity index is 833. The van der Waals surface area contributed by atoms with Crippen molar-refractivity contribution in [3.05, 3.63) is 89.5 Å². The summed E-state index contributed by atoms with van der Waals surface area (Å²) in [7, 11) is 0. The first-order chi connectivity index (χ1) is 12.1. The van der Waals surface area contributed by atoms with E-state index in [0.29, 0.717) is 12.5 Å². The van der Waals surface area contributed by atoms with Crippen LogP contribution in [-0.2, 0) is 13.0 Å². The first-order valence-corrected chi connectivity index (χ1v) is 8.98. The smallest absolute Gasteiger partial charge is 0.123 e. The molecule has 3 aromatic carbocycles. The van der Waals surface area contributed by atoms with Gasteiger partial charge in [0.25, 0.3) is 0 Å². The predicted molar refractivity (Wildman–Crippen MR) is 106 cm³/mol. The summed E-state index contributed by atoms with van der Waals surface area (Å²) in [5, 5.41) is 0. The summed E-state index contributed by atoms with van der Waals surface area (Å²) in [5.74, 6) is 1.62. The van der Waals surface area contributed by atoms with Gasteiger partial charge in [0.15, 0.2) is 0 Å². The van der Waals surface area contributed by atoms with Gasteiger partial charge in [-0.15, -0.1) is 0 Å². The highest BCUT2D eigenvalue weighted by atomic mass is 16.5. The monoisotopic (exact) mass is 330 g/mol. The lowest BCUT2D eigenvalue weighted by Crippen LogP contribution is -2.01. The Morgan fingerprint density at radius 2 is 1.52 bits per heavy atom. The second-order valence-electron chi connectivity index (χ2n) is 7.06. The minimum Gasteiger partial charge on any atom is -0.489 e. The van der Waals surface area contributed by atoms with Crippen molar-refractivity contribution in [3.63, 3.8) is 0 Å². The molecular formula is C24H26O. The molecule has 0 fully saturated rings. The minimum atomic E-state index is 0.592. The van der Waals surface area contributed by atoms with Crippen LogP contribution in [0.4, 0.5) is 0 Å². The van der Waals surface area contributed by atoms with Crippen LogP contribution in [0.15, 0.2) is 72.8 Å². The first-order valence-electron chi connectivity index (χ1n) is 8.98. The van der Waals surface area contributed by atoms with E-state index >= 15 is 0 Å². The second-order valence-corrected chi connectivity index (χ2v) is 7.06. The Kier molecular flexibility index (Phi) is 5.55. The third-order valence-electron chi connectivity index (χ3n) is 4.27. The molecule has 0 spiro atoms. The molecule has 0 unspecified atom stereocenters. The molecule has 0 amide bonds. The Morgan fingerprint density at radius 3 is 2.28 bits per heavy atom. The van der Waals surface area contributed by atoms with Gasteiger partial charge in [-0.3, -0.25) is 0 Å². The Labute approximate surface area is 151 Å². The highest BCUT2D eigenvalue weighted by Crippen LogP contribution is 2.24. The molecule has 25 heavy (non-hydrogen) atoms. The molecule has 1 nitrogen and oxygen atoms in total. The lowest BCUT2D eigenvalue weighted by molar-refractivity contribution is 0.302. The van der Waals surface area contributed by atoms with Crippen LogP contribution in [0.3, 0.4) is 0 Å². The molecule has 0 N–H and O–H groups in total. The van der Waals surface area contributed by atoms with Crippen molar-refractivity contribution >= 4 is 0 Å². The number of rotatable bonds is 6. The first kappa shape index (κ1) is 17.3. The quantitative estimate of drug-likeness (QED) is 0.505. The van der Waals surface area contributed by atoms with Crippen molar-refractivity contribution in [1.29, 1.82) is 0 Å². The van der Waals surface area contributed by atoms with E-state index in [4.69, 9.17) is 4.74 Å². The fraction of sp³-hybridized carbons (Fsp3) is 0.250. The number of aryl methyl sites for hydroxylation is 1. The standard InChI is InChI=1S/C24H26O/c1-18(2)14-23-10-4-5-13-24(23)25-17-20-9-7-12-22(16-20)21-11-6-8-19(3)15-21/h4-13,15-16,18H,14,17H2,1-3H3. The van der Waals surface area contributed by atoms with Crippen LogP contribution in [0.25, 0.3) is 11.1 Å². The van der Waals surface area contributed by atoms with Gasteiger partial charge in [-0.2, -0.15) is 0 Å². The van der Waals surface area contributed by atoms with Crippen molar-refractivity contribution in [2.75, 3.05) is 0 Å². The molecule has 0 atom stereocenters. The van der Waals surface area contributed by atoms with Gasteiger partial charge in [-0.05, 0) is 53.6 Å². The molecule has 0 radical (unpaired) electrons. The van der Waals surface area contributed by atoms with E-state index in [1.165, 1.54) is 27.8 Å². The molecule has 3 rings (SSSR count). The lowest BCUT2D eigenvalue weighted by atomic mass is 10.0. The summed E-state index contributed by atoms with van der Waals surface area (Å²) in [4.78, 5) is 0. The molecule has 0 aromatic heterocycles. The SMILES string of the molecule is Cc1cccc(-c2cccc(COc3ccccc3CC(C)C)c2)c1. The van der Waals surface area contributed by atoms with Crippen LogP contribution in [0, 0.1) is 12.8 Å². The summed E-state index contributed by atoms with van der Waals surface area (Å²) in [6, 6.07) is 25.6. The van der Waals surface area contributed by atoms with E-state index in [0.717, 1.165) is 12.2 Å². The Morgan fingerprint density at radius 1 is 0.800 bits per heavy atom. The number of hydrogen-bond donors (Lipinski definition) is 0. The van der Waals surface area contributed by atoms with E-state index in [1.807, 2.05) is 6.07 Å². The van der Waals surface area contributed by atoms with Crippen molar-refractivity contribution in [1.82, 2.24) is 0 Å². The summed E-state index contributed by atoms with van der Waals surface area (Å²) < 4.78 is 6.14. The van der Waals surface area contributed by atoms with Gasteiger partial charge in [-0.25, -0.2) is 0 Å². The minimum absolute atomic E-state index is 0.592. The number of para-hydroxylation sites is 1. The van der Waals surface area contributed by atoms with E-state index in [9.17, 15) is 0 Å². The third-order valence-corrected chi connectivity index (χ3v) is 4.27. The fourth-order valence-corrected chi connectivity index (χ4v) is 3.08. The zero-order valence-electron chi connectivity index (χ0n) is 15.3. The highest BCUT2D eigenvalue weighted by molar-refractivity contribution is 5.64. The maximum Gasteiger partial charge on any atom is 0.123 e. The van der Waals surface area contributed by atoms with Crippen LogP contribution in [0.2, 0.25) is 0 Å². The zero-order valence-corrected chi connectivity index (χ0v) is 15.3. The molecule has 128 valence electrons. The van der Waals surface area contributed by atoms with Crippen molar-refractivity contribution in [2.24, 2.45) is 5.92 Å². The van der Waals surface area contributed by atoms with Gasteiger partial charge in [0.05, 0.1) is 0 Å². The summed E-state index contributed by atoms with van der Waals surface area (Å²) >= 11 is 0. The predicted octanol–water partition coefficient (Wildman–Crippen LogP) is 6.44. The number of ether oxygens (including phenoxy) is 1. The topological polar surface area (TPSA) is 9.23 Å². The van der Waals surface area contributed by atoms with Gasteiger partial charge < -0.3 is 4.74 Å². The molecule has 0 saturated heterocycles. The van der Waals surface area contributed by atoms with E-state index in [1.54, 1.807) is 0 Å². The lowest BCUT2D eigenvalue weighted by Gasteiger charge is -2.13. The van der Waals surface area contributed by atoms with E-state index < -0.39 is 0 Å². The summed E-state index contributed by atoms with van der Waals surface area (Å²) in [6.07, 6.45) is 1.04. The maximum atomic E-state index is 6.14. The average Bonchev–Trinajstić information content (AvgIpc) is 2.61. The Hall–Kier alpha value is -2.54. The van der Waals surface area contributed by atoms with Crippen LogP contribution >= 0.6 is 0 Å². The Balaban J connectivity index is 1.76. The van der Waals surface area contributed by atoms with Crippen LogP contribution in [-0.4, -0.2) is 0 Å². The molecule has 0 bridgehead atoms. The number of hydrogen-bond acceptors (Lipinski definition) is 1. The van der Waals surface area contributed by atoms with Gasteiger partial charge in [0.2, 0.25) is 0 Å². The third kappa shape index (κ3) is 4.73. The van der Waals surface area contributed by atoms with Crippen molar-refractivity contribution in [2.45, 2.75) is 33.8 Å². The normalized spacial score (nSPS) is 10.9. The van der Waals surface area contributed by atoms with E-state index in [2.05, 4.69) is 87.5 Å². The fourth-order valence-electron chi connectivity index (χ4n) is 3.08. The second kappa shape index (κ2) is 8.02. The molecule has 0 heterocycles. The van der Waals surface area contributed by atoms with Gasteiger partial charge in [0.1, 0.15) is 12.4 Å². The van der Waals surface area contributed by atoms with Gasteiger partial charge >= 0.3 is 0 Å². The molecule has 3 aromatic rings. The molecule has 0 saturated carbocycles. The number of benzene rings is 3. The summed E-state index contributed by atoms with van der Waals surface area (Å²) in [5.41, 5.74) is 6.25. The van der Waals surface area contributed by atoms with Crippen molar-refractivity contribution < 1.29 is 4.74 Å². The summed E-state index contributed by atoms with van der Waals surface area (Å²) in [6.45, 7) is 7.20. The van der Waals surface area contributed by atoms with Crippen molar-refractivity contribution in [3.8, 4) is 16.9 Å². The largest absolute Gasteiger partial charge is 0.489 e.